The second kappa shape index (κ2) is 10.1. The van der Waals surface area contributed by atoms with Gasteiger partial charge in [-0.3, -0.25) is 4.79 Å². The molecule has 9 heteroatoms. The average molecular weight is 517 g/mol. The normalized spacial score (nSPS) is 10.9. The molecule has 4 aromatic carbocycles. The van der Waals surface area contributed by atoms with Gasteiger partial charge in [0, 0.05) is 39.3 Å². The fourth-order valence-corrected chi connectivity index (χ4v) is 4.34. The van der Waals surface area contributed by atoms with Crippen molar-refractivity contribution >= 4 is 39.5 Å². The van der Waals surface area contributed by atoms with E-state index in [1.54, 1.807) is 36.9 Å². The van der Waals surface area contributed by atoms with Crippen LogP contribution in [0.5, 0.6) is 11.5 Å². The molecule has 0 aliphatic carbocycles. The second-order valence-corrected chi connectivity index (χ2v) is 8.77. The standard InChI is InChI=1S/C30H24N6O3/c1-38-23-16-12-19(13-17-23)28-33-34-29-26-9-4-3-8-25(26)27(35-36(28)29)31-21-14-10-20(11-15-21)30(37)32-22-6-5-7-24(18-22)39-2/h3-18H,1-2H3,(H,31,35)(H,32,37). The third kappa shape index (κ3) is 4.69. The molecule has 1 amide bonds. The topological polar surface area (TPSA) is 103 Å². The predicted octanol–water partition coefficient (Wildman–Crippen LogP) is 5.96. The fraction of sp³-hybridized carbons (Fsp3) is 0.0667. The van der Waals surface area contributed by atoms with E-state index in [0.29, 0.717) is 34.3 Å². The summed E-state index contributed by atoms with van der Waals surface area (Å²) in [5.41, 5.74) is 3.49. The van der Waals surface area contributed by atoms with Crippen LogP contribution in [-0.4, -0.2) is 39.9 Å². The zero-order valence-corrected chi connectivity index (χ0v) is 21.3. The highest BCUT2D eigenvalue weighted by Gasteiger charge is 2.16. The van der Waals surface area contributed by atoms with Crippen molar-refractivity contribution in [1.82, 2.24) is 19.8 Å². The van der Waals surface area contributed by atoms with Gasteiger partial charge in [-0.05, 0) is 60.7 Å². The van der Waals surface area contributed by atoms with Gasteiger partial charge in [0.1, 0.15) is 11.5 Å². The number of carbonyl (C=O) groups is 1. The Morgan fingerprint density at radius 2 is 1.49 bits per heavy atom. The molecule has 0 bridgehead atoms. The van der Waals surface area contributed by atoms with Gasteiger partial charge in [-0.15, -0.1) is 15.3 Å². The predicted molar refractivity (Wildman–Crippen MR) is 151 cm³/mol. The van der Waals surface area contributed by atoms with E-state index in [2.05, 4.69) is 20.8 Å². The first-order chi connectivity index (χ1) is 19.1. The number of nitrogens with zero attached hydrogens (tertiary/aromatic N) is 4. The highest BCUT2D eigenvalue weighted by atomic mass is 16.5. The minimum Gasteiger partial charge on any atom is -0.497 e. The van der Waals surface area contributed by atoms with Crippen LogP contribution in [0.25, 0.3) is 27.8 Å². The molecular formula is C30H24N6O3. The molecule has 0 saturated heterocycles. The second-order valence-electron chi connectivity index (χ2n) is 8.77. The van der Waals surface area contributed by atoms with E-state index in [0.717, 1.165) is 27.8 Å². The van der Waals surface area contributed by atoms with E-state index >= 15 is 0 Å². The molecule has 0 aliphatic heterocycles. The lowest BCUT2D eigenvalue weighted by Gasteiger charge is -2.12. The molecule has 0 spiro atoms. The Balaban J connectivity index is 1.31. The summed E-state index contributed by atoms with van der Waals surface area (Å²) in [6.45, 7) is 0. The first-order valence-electron chi connectivity index (χ1n) is 12.2. The molecule has 6 rings (SSSR count). The molecule has 6 aromatic rings. The Bertz CT molecular complexity index is 1800. The van der Waals surface area contributed by atoms with Crippen LogP contribution in [0.15, 0.2) is 97.1 Å². The highest BCUT2D eigenvalue weighted by molar-refractivity contribution is 6.05. The van der Waals surface area contributed by atoms with Crippen LogP contribution in [0.1, 0.15) is 10.4 Å². The third-order valence-corrected chi connectivity index (χ3v) is 6.35. The molecule has 0 aliphatic rings. The van der Waals surface area contributed by atoms with Crippen molar-refractivity contribution in [2.75, 3.05) is 24.9 Å². The van der Waals surface area contributed by atoms with Crippen LogP contribution in [-0.2, 0) is 0 Å². The first kappa shape index (κ1) is 23.9. The molecular weight excluding hydrogens is 492 g/mol. The van der Waals surface area contributed by atoms with Gasteiger partial charge >= 0.3 is 0 Å². The lowest BCUT2D eigenvalue weighted by Crippen LogP contribution is -2.11. The molecule has 9 nitrogen and oxygen atoms in total. The number of aromatic nitrogens is 4. The maximum Gasteiger partial charge on any atom is 0.255 e. The highest BCUT2D eigenvalue weighted by Crippen LogP contribution is 2.30. The fourth-order valence-electron chi connectivity index (χ4n) is 4.34. The van der Waals surface area contributed by atoms with Crippen molar-refractivity contribution in [3.05, 3.63) is 103 Å². The Morgan fingerprint density at radius 1 is 0.744 bits per heavy atom. The lowest BCUT2D eigenvalue weighted by atomic mass is 10.1. The molecule has 0 radical (unpaired) electrons. The van der Waals surface area contributed by atoms with Crippen LogP contribution in [0.4, 0.5) is 17.2 Å². The summed E-state index contributed by atoms with van der Waals surface area (Å²) in [5.74, 6) is 2.47. The molecule has 2 heterocycles. The summed E-state index contributed by atoms with van der Waals surface area (Å²) in [5, 5.41) is 21.8. The van der Waals surface area contributed by atoms with Crippen molar-refractivity contribution < 1.29 is 14.3 Å². The number of ether oxygens (including phenoxy) is 2. The molecule has 0 unspecified atom stereocenters. The van der Waals surface area contributed by atoms with Crippen molar-refractivity contribution in [3.63, 3.8) is 0 Å². The quantitative estimate of drug-likeness (QED) is 0.270. The number of carbonyl (C=O) groups excluding carboxylic acids is 1. The Hall–Kier alpha value is -5.44. The molecule has 0 saturated carbocycles. The van der Waals surface area contributed by atoms with Crippen LogP contribution >= 0.6 is 0 Å². The summed E-state index contributed by atoms with van der Waals surface area (Å²) in [4.78, 5) is 12.8. The van der Waals surface area contributed by atoms with Crippen molar-refractivity contribution in [2.45, 2.75) is 0 Å². The number of hydrogen-bond donors (Lipinski definition) is 2. The summed E-state index contributed by atoms with van der Waals surface area (Å²) in [6, 6.07) is 30.0. The summed E-state index contributed by atoms with van der Waals surface area (Å²) >= 11 is 0. The molecule has 192 valence electrons. The maximum absolute atomic E-state index is 12.8. The number of benzene rings is 4. The minimum atomic E-state index is -0.214. The summed E-state index contributed by atoms with van der Waals surface area (Å²) in [6.07, 6.45) is 0. The SMILES string of the molecule is COc1ccc(-c2nnc3c4ccccc4c(Nc4ccc(C(=O)Nc5cccc(OC)c5)cc4)nn23)cc1. The van der Waals surface area contributed by atoms with Gasteiger partial charge in [0.2, 0.25) is 0 Å². The van der Waals surface area contributed by atoms with E-state index < -0.39 is 0 Å². The number of rotatable bonds is 7. The van der Waals surface area contributed by atoms with Gasteiger partial charge in [0.25, 0.3) is 5.91 Å². The van der Waals surface area contributed by atoms with E-state index in [4.69, 9.17) is 14.6 Å². The van der Waals surface area contributed by atoms with Gasteiger partial charge in [-0.25, -0.2) is 0 Å². The van der Waals surface area contributed by atoms with E-state index in [-0.39, 0.29) is 5.91 Å². The third-order valence-electron chi connectivity index (χ3n) is 6.35. The number of methoxy groups -OCH3 is 2. The van der Waals surface area contributed by atoms with Gasteiger partial charge in [0.05, 0.1) is 14.2 Å². The summed E-state index contributed by atoms with van der Waals surface area (Å²) in [7, 11) is 3.22. The number of fused-ring (bicyclic) bond motifs is 3. The minimum absolute atomic E-state index is 0.214. The number of nitrogens with one attached hydrogen (secondary N) is 2. The van der Waals surface area contributed by atoms with E-state index in [1.807, 2.05) is 78.9 Å². The number of hydrogen-bond acceptors (Lipinski definition) is 7. The monoisotopic (exact) mass is 516 g/mol. The lowest BCUT2D eigenvalue weighted by molar-refractivity contribution is 0.102. The van der Waals surface area contributed by atoms with E-state index in [9.17, 15) is 4.79 Å². The first-order valence-corrected chi connectivity index (χ1v) is 12.2. The van der Waals surface area contributed by atoms with Crippen molar-refractivity contribution in [3.8, 4) is 22.9 Å². The van der Waals surface area contributed by atoms with Gasteiger partial charge < -0.3 is 20.1 Å². The van der Waals surface area contributed by atoms with Crippen LogP contribution < -0.4 is 20.1 Å². The molecule has 2 aromatic heterocycles. The largest absolute Gasteiger partial charge is 0.497 e. The van der Waals surface area contributed by atoms with Gasteiger partial charge in [-0.2, -0.15) is 4.52 Å². The van der Waals surface area contributed by atoms with Crippen LogP contribution in [0.2, 0.25) is 0 Å². The van der Waals surface area contributed by atoms with Gasteiger partial charge in [-0.1, -0.05) is 30.3 Å². The smallest absolute Gasteiger partial charge is 0.255 e. The number of anilines is 3. The van der Waals surface area contributed by atoms with Crippen LogP contribution in [0, 0.1) is 0 Å². The maximum atomic E-state index is 12.8. The molecule has 0 atom stereocenters. The van der Waals surface area contributed by atoms with E-state index in [1.165, 1.54) is 0 Å². The van der Waals surface area contributed by atoms with Crippen LogP contribution in [0.3, 0.4) is 0 Å². The van der Waals surface area contributed by atoms with Gasteiger partial charge in [0.15, 0.2) is 17.3 Å². The van der Waals surface area contributed by atoms with Crippen molar-refractivity contribution in [2.24, 2.45) is 0 Å². The molecule has 2 N–H and O–H groups in total. The Labute approximate surface area is 224 Å². The Kier molecular flexibility index (Phi) is 6.22. The van der Waals surface area contributed by atoms with Crippen molar-refractivity contribution in [1.29, 1.82) is 0 Å². The average Bonchev–Trinajstić information content (AvgIpc) is 3.42. The molecule has 0 fully saturated rings. The zero-order chi connectivity index (χ0) is 26.8. The summed E-state index contributed by atoms with van der Waals surface area (Å²) < 4.78 is 12.2. The number of amides is 1. The molecule has 39 heavy (non-hydrogen) atoms. The Morgan fingerprint density at radius 3 is 2.23 bits per heavy atom. The zero-order valence-electron chi connectivity index (χ0n) is 21.3.